The summed E-state index contributed by atoms with van der Waals surface area (Å²) in [5.74, 6) is -0.335. The Morgan fingerprint density at radius 3 is 2.36 bits per heavy atom. The zero-order valence-corrected chi connectivity index (χ0v) is 19.7. The smallest absolute Gasteiger partial charge is 0.410 e. The molecule has 0 aliphatic carbocycles. The van der Waals surface area contributed by atoms with Gasteiger partial charge in [-0.15, -0.1) is 0 Å². The second-order valence-corrected chi connectivity index (χ2v) is 9.93. The standard InChI is InChI=1S/C25H33FN4O3/c1-25(2,3)33-24(32)29-14-10-18(11-15-29)22-21(23(31)28-12-5-4-6-13-28)17-27-30(22)20-9-7-8-19(26)16-20/h7-9,16-18H,4-6,10-15H2,1-3H3. The molecule has 7 nitrogen and oxygen atoms in total. The lowest BCUT2D eigenvalue weighted by Gasteiger charge is -2.34. The van der Waals surface area contributed by atoms with Crippen LogP contribution in [0.25, 0.3) is 5.69 Å². The highest BCUT2D eigenvalue weighted by molar-refractivity contribution is 5.95. The Hall–Kier alpha value is -2.90. The predicted molar refractivity (Wildman–Crippen MR) is 123 cm³/mol. The van der Waals surface area contributed by atoms with Crippen molar-refractivity contribution in [2.75, 3.05) is 26.2 Å². The Balaban J connectivity index is 1.61. The molecule has 0 N–H and O–H groups in total. The van der Waals surface area contributed by atoms with Gasteiger partial charge in [0, 0.05) is 32.1 Å². The summed E-state index contributed by atoms with van der Waals surface area (Å²) in [7, 11) is 0. The first kappa shape index (κ1) is 23.3. The number of benzene rings is 1. The molecule has 2 saturated heterocycles. The first-order valence-corrected chi connectivity index (χ1v) is 11.8. The summed E-state index contributed by atoms with van der Waals surface area (Å²) in [5, 5.41) is 4.52. The molecule has 3 heterocycles. The Labute approximate surface area is 194 Å². The lowest BCUT2D eigenvalue weighted by molar-refractivity contribution is 0.0203. The molecule has 0 atom stereocenters. The Kier molecular flexibility index (Phi) is 6.72. The molecule has 2 aliphatic heterocycles. The average molecular weight is 457 g/mol. The fourth-order valence-electron chi connectivity index (χ4n) is 4.66. The van der Waals surface area contributed by atoms with Gasteiger partial charge in [-0.2, -0.15) is 5.10 Å². The van der Waals surface area contributed by atoms with Gasteiger partial charge in [0.25, 0.3) is 5.91 Å². The summed E-state index contributed by atoms with van der Waals surface area (Å²) in [6.45, 7) is 8.13. The molecule has 4 rings (SSSR count). The number of hydrogen-bond donors (Lipinski definition) is 0. The van der Waals surface area contributed by atoms with Crippen LogP contribution in [0.4, 0.5) is 9.18 Å². The number of aromatic nitrogens is 2. The normalized spacial score (nSPS) is 17.8. The maximum absolute atomic E-state index is 14.0. The van der Waals surface area contributed by atoms with Crippen molar-refractivity contribution in [2.45, 2.75) is 64.4 Å². The maximum atomic E-state index is 14.0. The van der Waals surface area contributed by atoms with Crippen LogP contribution in [0.3, 0.4) is 0 Å². The minimum atomic E-state index is -0.544. The molecule has 33 heavy (non-hydrogen) atoms. The van der Waals surface area contributed by atoms with Gasteiger partial charge < -0.3 is 14.5 Å². The van der Waals surface area contributed by atoms with Gasteiger partial charge in [0.2, 0.25) is 0 Å². The molecule has 1 aromatic carbocycles. The van der Waals surface area contributed by atoms with E-state index < -0.39 is 5.60 Å². The lowest BCUT2D eigenvalue weighted by atomic mass is 9.90. The molecule has 0 radical (unpaired) electrons. The monoisotopic (exact) mass is 456 g/mol. The van der Waals surface area contributed by atoms with E-state index in [1.807, 2.05) is 25.7 Å². The van der Waals surface area contributed by atoms with Crippen molar-refractivity contribution in [3.05, 3.63) is 47.5 Å². The number of piperidine rings is 2. The SMILES string of the molecule is CC(C)(C)OC(=O)N1CCC(c2c(C(=O)N3CCCCC3)cnn2-c2cccc(F)c2)CC1. The molecule has 8 heteroatoms. The van der Waals surface area contributed by atoms with Crippen molar-refractivity contribution in [1.82, 2.24) is 19.6 Å². The Bertz CT molecular complexity index is 999. The highest BCUT2D eigenvalue weighted by Crippen LogP contribution is 2.33. The van der Waals surface area contributed by atoms with E-state index in [9.17, 15) is 14.0 Å². The number of likely N-dealkylation sites (tertiary alicyclic amines) is 2. The Morgan fingerprint density at radius 2 is 1.73 bits per heavy atom. The van der Waals surface area contributed by atoms with Gasteiger partial charge in [-0.25, -0.2) is 13.9 Å². The van der Waals surface area contributed by atoms with Crippen molar-refractivity contribution >= 4 is 12.0 Å². The Morgan fingerprint density at radius 1 is 1.03 bits per heavy atom. The molecule has 0 spiro atoms. The summed E-state index contributed by atoms with van der Waals surface area (Å²) >= 11 is 0. The molecule has 0 bridgehead atoms. The fraction of sp³-hybridized carbons (Fsp3) is 0.560. The quantitative estimate of drug-likeness (QED) is 0.668. The number of carbonyl (C=O) groups is 2. The van der Waals surface area contributed by atoms with Gasteiger partial charge in [0.15, 0.2) is 0 Å². The maximum Gasteiger partial charge on any atom is 0.410 e. The number of hydrogen-bond acceptors (Lipinski definition) is 4. The van der Waals surface area contributed by atoms with Crippen LogP contribution in [0.5, 0.6) is 0 Å². The highest BCUT2D eigenvalue weighted by Gasteiger charge is 2.33. The number of nitrogens with zero attached hydrogens (tertiary/aromatic N) is 4. The zero-order valence-electron chi connectivity index (χ0n) is 19.7. The second kappa shape index (κ2) is 9.53. The summed E-state index contributed by atoms with van der Waals surface area (Å²) in [4.78, 5) is 29.5. The molecular formula is C25H33FN4O3. The fourth-order valence-corrected chi connectivity index (χ4v) is 4.66. The highest BCUT2D eigenvalue weighted by atomic mass is 19.1. The van der Waals surface area contributed by atoms with Gasteiger partial charge in [-0.3, -0.25) is 4.79 Å². The van der Waals surface area contributed by atoms with Crippen LogP contribution in [-0.4, -0.2) is 63.4 Å². The molecule has 178 valence electrons. The lowest BCUT2D eigenvalue weighted by Crippen LogP contribution is -2.42. The number of carbonyl (C=O) groups excluding carboxylic acids is 2. The predicted octanol–water partition coefficient (Wildman–Crippen LogP) is 4.75. The topological polar surface area (TPSA) is 67.7 Å². The van der Waals surface area contributed by atoms with Crippen LogP contribution < -0.4 is 0 Å². The van der Waals surface area contributed by atoms with Crippen LogP contribution >= 0.6 is 0 Å². The van der Waals surface area contributed by atoms with Crippen molar-refractivity contribution in [2.24, 2.45) is 0 Å². The average Bonchev–Trinajstić information content (AvgIpc) is 3.23. The summed E-state index contributed by atoms with van der Waals surface area (Å²) in [5.41, 5.74) is 1.44. The van der Waals surface area contributed by atoms with E-state index in [2.05, 4.69) is 5.10 Å². The summed E-state index contributed by atoms with van der Waals surface area (Å²) < 4.78 is 21.2. The summed E-state index contributed by atoms with van der Waals surface area (Å²) in [6.07, 6.45) is 5.82. The van der Waals surface area contributed by atoms with E-state index in [-0.39, 0.29) is 23.7 Å². The van der Waals surface area contributed by atoms with Gasteiger partial charge in [-0.1, -0.05) is 6.07 Å². The van der Waals surface area contributed by atoms with Crippen molar-refractivity contribution in [1.29, 1.82) is 0 Å². The second-order valence-electron chi connectivity index (χ2n) is 9.93. The van der Waals surface area contributed by atoms with Gasteiger partial charge in [0.1, 0.15) is 11.4 Å². The number of ether oxygens (including phenoxy) is 1. The third-order valence-corrected chi connectivity index (χ3v) is 6.27. The minimum Gasteiger partial charge on any atom is -0.444 e. The first-order chi connectivity index (χ1) is 15.7. The summed E-state index contributed by atoms with van der Waals surface area (Å²) in [6, 6.07) is 6.27. The molecule has 2 aromatic rings. The van der Waals surface area contributed by atoms with Gasteiger partial charge >= 0.3 is 6.09 Å². The molecule has 0 unspecified atom stereocenters. The van der Waals surface area contributed by atoms with E-state index in [4.69, 9.17) is 4.74 Å². The largest absolute Gasteiger partial charge is 0.444 e. The zero-order chi connectivity index (χ0) is 23.6. The third-order valence-electron chi connectivity index (χ3n) is 6.27. The van der Waals surface area contributed by atoms with Crippen molar-refractivity contribution < 1.29 is 18.7 Å². The van der Waals surface area contributed by atoms with Crippen molar-refractivity contribution in [3.8, 4) is 5.69 Å². The molecule has 0 saturated carbocycles. The van der Waals surface area contributed by atoms with Crippen LogP contribution in [-0.2, 0) is 4.74 Å². The van der Waals surface area contributed by atoms with Crippen LogP contribution in [0.1, 0.15) is 74.8 Å². The third kappa shape index (κ3) is 5.37. The van der Waals surface area contributed by atoms with Gasteiger partial charge in [-0.05, 0) is 71.1 Å². The number of rotatable bonds is 3. The van der Waals surface area contributed by atoms with E-state index in [0.717, 1.165) is 38.0 Å². The van der Waals surface area contributed by atoms with E-state index in [1.54, 1.807) is 27.9 Å². The van der Waals surface area contributed by atoms with E-state index in [0.29, 0.717) is 37.2 Å². The molecule has 2 aliphatic rings. The van der Waals surface area contributed by atoms with E-state index >= 15 is 0 Å². The van der Waals surface area contributed by atoms with Crippen molar-refractivity contribution in [3.63, 3.8) is 0 Å². The van der Waals surface area contributed by atoms with Gasteiger partial charge in [0.05, 0.1) is 23.1 Å². The molecule has 2 fully saturated rings. The van der Waals surface area contributed by atoms with E-state index in [1.165, 1.54) is 12.1 Å². The van der Waals surface area contributed by atoms with Crippen LogP contribution in [0, 0.1) is 5.82 Å². The first-order valence-electron chi connectivity index (χ1n) is 11.8. The van der Waals surface area contributed by atoms with Crippen LogP contribution in [0.15, 0.2) is 30.5 Å². The minimum absolute atomic E-state index is 0.0121. The molecular weight excluding hydrogens is 423 g/mol. The number of halogens is 1. The number of amides is 2. The molecule has 1 aromatic heterocycles. The molecule has 2 amide bonds. The van der Waals surface area contributed by atoms with Crippen LogP contribution in [0.2, 0.25) is 0 Å².